The Morgan fingerprint density at radius 2 is 2.36 bits per heavy atom. The number of nitrogens with one attached hydrogen (secondary N) is 1. The predicted octanol–water partition coefficient (Wildman–Crippen LogP) is 3.29. The van der Waals surface area contributed by atoms with Crippen LogP contribution in [0.15, 0.2) is 6.20 Å². The summed E-state index contributed by atoms with van der Waals surface area (Å²) in [6.45, 7) is 5.58. The molecule has 2 unspecified atom stereocenters. The van der Waals surface area contributed by atoms with E-state index in [9.17, 15) is 0 Å². The van der Waals surface area contributed by atoms with Gasteiger partial charge in [-0.15, -0.1) is 0 Å². The summed E-state index contributed by atoms with van der Waals surface area (Å²) in [6.07, 6.45) is 6.13. The molecule has 0 aromatic carbocycles. The molecular formula is C11H18N2S. The Kier molecular flexibility index (Phi) is 2.77. The summed E-state index contributed by atoms with van der Waals surface area (Å²) in [5.41, 5.74) is 1.26. The molecule has 0 bridgehead atoms. The van der Waals surface area contributed by atoms with Crippen LogP contribution in [0.25, 0.3) is 0 Å². The van der Waals surface area contributed by atoms with Crippen LogP contribution in [0.3, 0.4) is 0 Å². The summed E-state index contributed by atoms with van der Waals surface area (Å²) in [5, 5.41) is 0. The molecule has 78 valence electrons. The summed E-state index contributed by atoms with van der Waals surface area (Å²) in [6, 6.07) is 0. The zero-order chi connectivity index (χ0) is 10.1. The van der Waals surface area contributed by atoms with Crippen molar-refractivity contribution in [1.82, 2.24) is 9.55 Å². The van der Waals surface area contributed by atoms with Crippen molar-refractivity contribution in [3.8, 4) is 0 Å². The van der Waals surface area contributed by atoms with E-state index in [0.29, 0.717) is 0 Å². The number of nitrogens with zero attached hydrogens (tertiary/aromatic N) is 1. The molecule has 2 atom stereocenters. The third-order valence-corrected chi connectivity index (χ3v) is 3.66. The molecular weight excluding hydrogens is 192 g/mol. The highest BCUT2D eigenvalue weighted by Gasteiger charge is 2.21. The van der Waals surface area contributed by atoms with Crippen LogP contribution in [0.4, 0.5) is 0 Å². The molecule has 0 radical (unpaired) electrons. The maximum Gasteiger partial charge on any atom is 0.177 e. The second-order valence-electron chi connectivity index (χ2n) is 4.63. The summed E-state index contributed by atoms with van der Waals surface area (Å²) < 4.78 is 3.11. The number of imidazole rings is 1. The normalized spacial score (nSPS) is 27.0. The van der Waals surface area contributed by atoms with Crippen LogP contribution < -0.4 is 0 Å². The highest BCUT2D eigenvalue weighted by Crippen LogP contribution is 2.31. The molecule has 0 spiro atoms. The Bertz CT molecular complexity index is 364. The third kappa shape index (κ3) is 1.92. The fourth-order valence-electron chi connectivity index (χ4n) is 2.46. The first-order chi connectivity index (χ1) is 6.66. The van der Waals surface area contributed by atoms with E-state index in [-0.39, 0.29) is 0 Å². The average Bonchev–Trinajstić information content (AvgIpc) is 2.67. The van der Waals surface area contributed by atoms with Crippen LogP contribution >= 0.6 is 12.2 Å². The molecule has 1 aliphatic rings. The molecule has 2 nitrogen and oxygen atoms in total. The molecule has 1 heterocycles. The van der Waals surface area contributed by atoms with Crippen molar-refractivity contribution in [3.63, 3.8) is 0 Å². The highest BCUT2D eigenvalue weighted by atomic mass is 32.1. The van der Waals surface area contributed by atoms with Crippen molar-refractivity contribution in [1.29, 1.82) is 0 Å². The number of hydrogen-bond donors (Lipinski definition) is 1. The molecule has 0 aliphatic heterocycles. The summed E-state index contributed by atoms with van der Waals surface area (Å²) in [7, 11) is 0. The van der Waals surface area contributed by atoms with E-state index in [4.69, 9.17) is 12.2 Å². The largest absolute Gasteiger partial charge is 0.337 e. The maximum absolute atomic E-state index is 5.24. The molecule has 1 saturated carbocycles. The van der Waals surface area contributed by atoms with Crippen LogP contribution in [-0.4, -0.2) is 9.55 Å². The lowest BCUT2D eigenvalue weighted by molar-refractivity contribution is 0.434. The van der Waals surface area contributed by atoms with Gasteiger partial charge in [-0.25, -0.2) is 0 Å². The van der Waals surface area contributed by atoms with Crippen molar-refractivity contribution in [2.75, 3.05) is 0 Å². The second-order valence-corrected chi connectivity index (χ2v) is 5.02. The van der Waals surface area contributed by atoms with E-state index < -0.39 is 0 Å². The van der Waals surface area contributed by atoms with Crippen LogP contribution in [0.2, 0.25) is 0 Å². The molecule has 0 saturated heterocycles. The molecule has 1 N–H and O–H groups in total. The first-order valence-corrected chi connectivity index (χ1v) is 5.82. The van der Waals surface area contributed by atoms with Crippen molar-refractivity contribution >= 4 is 12.2 Å². The molecule has 14 heavy (non-hydrogen) atoms. The monoisotopic (exact) mass is 210 g/mol. The lowest BCUT2D eigenvalue weighted by Gasteiger charge is -2.11. The molecule has 1 fully saturated rings. The van der Waals surface area contributed by atoms with Gasteiger partial charge in [0.2, 0.25) is 0 Å². The Morgan fingerprint density at radius 3 is 2.86 bits per heavy atom. The highest BCUT2D eigenvalue weighted by molar-refractivity contribution is 7.71. The van der Waals surface area contributed by atoms with Crippen molar-refractivity contribution in [3.05, 3.63) is 16.7 Å². The zero-order valence-corrected chi connectivity index (χ0v) is 9.73. The molecule has 1 aliphatic carbocycles. The van der Waals surface area contributed by atoms with E-state index >= 15 is 0 Å². The minimum atomic E-state index is 0.839. The van der Waals surface area contributed by atoms with Gasteiger partial charge in [0.1, 0.15) is 0 Å². The Balaban J connectivity index is 2.07. The Hall–Kier alpha value is -0.570. The van der Waals surface area contributed by atoms with E-state index in [2.05, 4.69) is 23.4 Å². The zero-order valence-electron chi connectivity index (χ0n) is 8.92. The maximum atomic E-state index is 5.24. The van der Waals surface area contributed by atoms with Crippen molar-refractivity contribution in [2.24, 2.45) is 11.8 Å². The fraction of sp³-hybridized carbons (Fsp3) is 0.727. The molecule has 1 aromatic rings. The van der Waals surface area contributed by atoms with Gasteiger partial charge in [-0.1, -0.05) is 13.3 Å². The van der Waals surface area contributed by atoms with Gasteiger partial charge in [0, 0.05) is 18.4 Å². The molecule has 0 amide bonds. The Morgan fingerprint density at radius 1 is 1.57 bits per heavy atom. The van der Waals surface area contributed by atoms with Crippen LogP contribution in [0, 0.1) is 23.5 Å². The smallest absolute Gasteiger partial charge is 0.177 e. The Labute approximate surface area is 90.3 Å². The van der Waals surface area contributed by atoms with E-state index in [1.165, 1.54) is 25.0 Å². The van der Waals surface area contributed by atoms with Gasteiger partial charge in [-0.05, 0) is 43.8 Å². The first kappa shape index (κ1) is 9.97. The molecule has 1 aromatic heterocycles. The van der Waals surface area contributed by atoms with Crippen molar-refractivity contribution < 1.29 is 0 Å². The number of aromatic nitrogens is 2. The van der Waals surface area contributed by atoms with Gasteiger partial charge < -0.3 is 9.55 Å². The standard InChI is InChI=1S/C11H18N2S/c1-8-3-4-10(5-8)7-13-9(2)6-12-11(13)14/h6,8,10H,3-5,7H2,1-2H3,(H,12,14). The van der Waals surface area contributed by atoms with Gasteiger partial charge in [-0.2, -0.15) is 0 Å². The van der Waals surface area contributed by atoms with Crippen LogP contribution in [0.5, 0.6) is 0 Å². The SMILES string of the molecule is Cc1c[nH]c(=S)n1CC1CCC(C)C1. The van der Waals surface area contributed by atoms with E-state index in [0.717, 1.165) is 23.2 Å². The number of aryl methyl sites for hydroxylation is 1. The number of hydrogen-bond acceptors (Lipinski definition) is 1. The quantitative estimate of drug-likeness (QED) is 0.743. The lowest BCUT2D eigenvalue weighted by Crippen LogP contribution is -2.09. The fourth-order valence-corrected chi connectivity index (χ4v) is 2.74. The topological polar surface area (TPSA) is 20.7 Å². The van der Waals surface area contributed by atoms with Crippen LogP contribution in [0.1, 0.15) is 31.9 Å². The van der Waals surface area contributed by atoms with Gasteiger partial charge in [0.25, 0.3) is 0 Å². The molecule has 3 heteroatoms. The van der Waals surface area contributed by atoms with Gasteiger partial charge in [0.15, 0.2) is 4.77 Å². The molecule has 2 rings (SSSR count). The second kappa shape index (κ2) is 3.89. The lowest BCUT2D eigenvalue weighted by atomic mass is 10.1. The first-order valence-electron chi connectivity index (χ1n) is 5.41. The number of rotatable bonds is 2. The van der Waals surface area contributed by atoms with Gasteiger partial charge in [-0.3, -0.25) is 0 Å². The van der Waals surface area contributed by atoms with E-state index in [1.54, 1.807) is 0 Å². The van der Waals surface area contributed by atoms with Gasteiger partial charge in [0.05, 0.1) is 0 Å². The minimum Gasteiger partial charge on any atom is -0.337 e. The number of aromatic amines is 1. The predicted molar refractivity (Wildman–Crippen MR) is 60.9 cm³/mol. The minimum absolute atomic E-state index is 0.839. The summed E-state index contributed by atoms with van der Waals surface area (Å²) in [4.78, 5) is 3.10. The van der Waals surface area contributed by atoms with Crippen molar-refractivity contribution in [2.45, 2.75) is 39.7 Å². The summed E-state index contributed by atoms with van der Waals surface area (Å²) in [5.74, 6) is 1.75. The summed E-state index contributed by atoms with van der Waals surface area (Å²) >= 11 is 5.24. The number of H-pyrrole nitrogens is 1. The van der Waals surface area contributed by atoms with E-state index in [1.807, 2.05) is 6.20 Å². The van der Waals surface area contributed by atoms with Gasteiger partial charge >= 0.3 is 0 Å². The average molecular weight is 210 g/mol. The van der Waals surface area contributed by atoms with Crippen LogP contribution in [-0.2, 0) is 6.54 Å². The third-order valence-electron chi connectivity index (χ3n) is 3.32.